The molecule has 0 aliphatic heterocycles. The Labute approximate surface area is 188 Å². The first kappa shape index (κ1) is 20.7. The first-order chi connectivity index (χ1) is 14.6. The van der Waals surface area contributed by atoms with Gasteiger partial charge in [-0.3, -0.25) is 9.36 Å². The highest BCUT2D eigenvalue weighted by Gasteiger charge is 2.12. The molecule has 8 heteroatoms. The number of imidazole rings is 1. The minimum atomic E-state index is -0.0678. The molecule has 2 heterocycles. The van der Waals surface area contributed by atoms with Crippen LogP contribution in [0.15, 0.2) is 71.5 Å². The number of aromatic nitrogens is 3. The predicted octanol–water partition coefficient (Wildman–Crippen LogP) is 5.76. The van der Waals surface area contributed by atoms with Crippen LogP contribution in [0.25, 0.3) is 5.69 Å². The molecule has 1 N–H and O–H groups in total. The number of hydrogen-bond acceptors (Lipinski definition) is 5. The van der Waals surface area contributed by atoms with Crippen molar-refractivity contribution in [3.63, 3.8) is 0 Å². The lowest BCUT2D eigenvalue weighted by Gasteiger charge is -2.11. The summed E-state index contributed by atoms with van der Waals surface area (Å²) >= 11 is 9.37. The number of thiazole rings is 1. The summed E-state index contributed by atoms with van der Waals surface area (Å²) in [5.74, 6) is 0.606. The van der Waals surface area contributed by atoms with Crippen LogP contribution in [0.2, 0.25) is 5.02 Å². The first-order valence-electron chi connectivity index (χ1n) is 9.30. The van der Waals surface area contributed by atoms with E-state index in [0.29, 0.717) is 5.75 Å². The van der Waals surface area contributed by atoms with Gasteiger partial charge in [-0.25, -0.2) is 9.97 Å². The third-order valence-electron chi connectivity index (χ3n) is 4.42. The molecule has 0 spiro atoms. The zero-order valence-corrected chi connectivity index (χ0v) is 18.6. The van der Waals surface area contributed by atoms with Gasteiger partial charge in [-0.1, -0.05) is 47.6 Å². The average Bonchev–Trinajstić information content (AvgIpc) is 3.38. The van der Waals surface area contributed by atoms with E-state index < -0.39 is 0 Å². The van der Waals surface area contributed by atoms with E-state index in [1.165, 1.54) is 11.3 Å². The second kappa shape index (κ2) is 9.47. The fourth-order valence-electron chi connectivity index (χ4n) is 2.94. The predicted molar refractivity (Wildman–Crippen MR) is 124 cm³/mol. The Bertz CT molecular complexity index is 1160. The van der Waals surface area contributed by atoms with Crippen LogP contribution < -0.4 is 5.32 Å². The van der Waals surface area contributed by atoms with Crippen molar-refractivity contribution in [2.45, 2.75) is 24.3 Å². The van der Waals surface area contributed by atoms with E-state index in [9.17, 15) is 4.79 Å². The molecule has 4 rings (SSSR count). The van der Waals surface area contributed by atoms with Crippen molar-refractivity contribution in [1.82, 2.24) is 14.5 Å². The number of anilines is 1. The number of thioether (sulfide) groups is 1. The Morgan fingerprint density at radius 3 is 2.87 bits per heavy atom. The Morgan fingerprint density at radius 2 is 2.03 bits per heavy atom. The monoisotopic (exact) mass is 454 g/mol. The molecule has 0 fully saturated rings. The normalized spacial score (nSPS) is 10.9. The molecule has 1 amide bonds. The quantitative estimate of drug-likeness (QED) is 0.360. The molecule has 0 unspecified atom stereocenters. The van der Waals surface area contributed by atoms with E-state index in [-0.39, 0.29) is 12.3 Å². The van der Waals surface area contributed by atoms with Crippen molar-refractivity contribution in [3.05, 3.63) is 87.6 Å². The molecular formula is C22H19ClN4OS2. The summed E-state index contributed by atoms with van der Waals surface area (Å²) in [5, 5.41) is 7.29. The van der Waals surface area contributed by atoms with Crippen LogP contribution in [-0.2, 0) is 17.0 Å². The molecule has 0 radical (unpaired) electrons. The van der Waals surface area contributed by atoms with Gasteiger partial charge in [-0.05, 0) is 36.8 Å². The van der Waals surface area contributed by atoms with Gasteiger partial charge in [0.05, 0.1) is 17.8 Å². The number of hydrogen-bond donors (Lipinski definition) is 1. The smallest absolute Gasteiger partial charge is 0.231 e. The average molecular weight is 455 g/mol. The molecule has 4 aromatic rings. The summed E-state index contributed by atoms with van der Waals surface area (Å²) in [6, 6.07) is 15.3. The lowest BCUT2D eigenvalue weighted by atomic mass is 10.2. The highest BCUT2D eigenvalue weighted by Crippen LogP contribution is 2.28. The third kappa shape index (κ3) is 4.92. The van der Waals surface area contributed by atoms with Crippen LogP contribution in [0.5, 0.6) is 0 Å². The number of para-hydroxylation sites is 1. The van der Waals surface area contributed by atoms with Crippen LogP contribution in [0.1, 0.15) is 16.3 Å². The Kier molecular flexibility index (Phi) is 6.52. The van der Waals surface area contributed by atoms with Crippen molar-refractivity contribution in [2.75, 3.05) is 5.32 Å². The number of nitrogens with one attached hydrogen (secondary N) is 1. The van der Waals surface area contributed by atoms with Crippen LogP contribution in [-0.4, -0.2) is 20.4 Å². The Balaban J connectivity index is 1.38. The maximum absolute atomic E-state index is 12.2. The Hall–Kier alpha value is -2.61. The fourth-order valence-corrected chi connectivity index (χ4v) is 4.86. The van der Waals surface area contributed by atoms with Gasteiger partial charge >= 0.3 is 0 Å². The zero-order chi connectivity index (χ0) is 20.9. The topological polar surface area (TPSA) is 59.8 Å². The maximum Gasteiger partial charge on any atom is 0.231 e. The summed E-state index contributed by atoms with van der Waals surface area (Å²) in [6.45, 7) is 2.00. The summed E-state index contributed by atoms with van der Waals surface area (Å²) < 4.78 is 2.03. The van der Waals surface area contributed by atoms with Crippen molar-refractivity contribution in [3.8, 4) is 5.69 Å². The minimum Gasteiger partial charge on any atom is -0.326 e. The van der Waals surface area contributed by atoms with E-state index >= 15 is 0 Å². The molecule has 0 saturated heterocycles. The molecule has 152 valence electrons. The van der Waals surface area contributed by atoms with E-state index in [4.69, 9.17) is 11.6 Å². The second-order valence-electron chi connectivity index (χ2n) is 6.58. The zero-order valence-electron chi connectivity index (χ0n) is 16.2. The maximum atomic E-state index is 12.2. The van der Waals surface area contributed by atoms with Gasteiger partial charge in [0.2, 0.25) is 5.91 Å². The number of carbonyl (C=O) groups is 1. The van der Waals surface area contributed by atoms with Crippen molar-refractivity contribution >= 4 is 46.3 Å². The number of rotatable bonds is 7. The molecule has 2 aromatic heterocycles. The van der Waals surface area contributed by atoms with E-state index in [1.54, 1.807) is 18.0 Å². The number of amides is 1. The van der Waals surface area contributed by atoms with Crippen LogP contribution in [0.3, 0.4) is 0 Å². The van der Waals surface area contributed by atoms with Crippen molar-refractivity contribution < 1.29 is 4.79 Å². The van der Waals surface area contributed by atoms with E-state index in [0.717, 1.165) is 37.8 Å². The minimum absolute atomic E-state index is 0.0678. The number of carbonyl (C=O) groups excluding carboxylic acids is 1. The SMILES string of the molecule is Cc1c(Cl)cccc1-n1ccnc1SCc1csc(CC(=O)Nc2ccccc2)n1. The molecule has 0 saturated carbocycles. The fraction of sp³-hybridized carbons (Fsp3) is 0.136. The van der Waals surface area contributed by atoms with Crippen LogP contribution in [0.4, 0.5) is 5.69 Å². The number of nitrogens with zero attached hydrogens (tertiary/aromatic N) is 3. The summed E-state index contributed by atoms with van der Waals surface area (Å²) in [7, 11) is 0. The molecule has 0 atom stereocenters. The number of benzene rings is 2. The summed E-state index contributed by atoms with van der Waals surface area (Å²) in [6.07, 6.45) is 3.98. The van der Waals surface area contributed by atoms with Gasteiger partial charge < -0.3 is 5.32 Å². The van der Waals surface area contributed by atoms with Gasteiger partial charge in [-0.15, -0.1) is 11.3 Å². The van der Waals surface area contributed by atoms with Crippen LogP contribution >= 0.6 is 34.7 Å². The highest BCUT2D eigenvalue weighted by atomic mass is 35.5. The van der Waals surface area contributed by atoms with Gasteiger partial charge in [0, 0.05) is 34.2 Å². The lowest BCUT2D eigenvalue weighted by Crippen LogP contribution is -2.14. The second-order valence-corrected chi connectivity index (χ2v) is 8.87. The molecule has 5 nitrogen and oxygen atoms in total. The van der Waals surface area contributed by atoms with Crippen molar-refractivity contribution in [1.29, 1.82) is 0 Å². The summed E-state index contributed by atoms with van der Waals surface area (Å²) in [5.41, 5.74) is 3.75. The molecule has 0 bridgehead atoms. The highest BCUT2D eigenvalue weighted by molar-refractivity contribution is 7.98. The molecular weight excluding hydrogens is 436 g/mol. The molecule has 0 aliphatic carbocycles. The van der Waals surface area contributed by atoms with Gasteiger partial charge in [0.15, 0.2) is 5.16 Å². The standard InChI is InChI=1S/C22H19ClN4OS2/c1-15-18(23)8-5-9-19(15)27-11-10-24-22(27)30-14-17-13-29-21(26-17)12-20(28)25-16-6-3-2-4-7-16/h2-11,13H,12,14H2,1H3,(H,25,28). The molecule has 30 heavy (non-hydrogen) atoms. The Morgan fingerprint density at radius 1 is 1.20 bits per heavy atom. The number of halogens is 1. The molecule has 0 aliphatic rings. The van der Waals surface area contributed by atoms with E-state index in [2.05, 4.69) is 15.3 Å². The third-order valence-corrected chi connectivity index (χ3v) is 6.73. The van der Waals surface area contributed by atoms with Crippen LogP contribution in [0, 0.1) is 6.92 Å². The molecule has 2 aromatic carbocycles. The van der Waals surface area contributed by atoms with E-state index in [1.807, 2.05) is 71.6 Å². The largest absolute Gasteiger partial charge is 0.326 e. The van der Waals surface area contributed by atoms with Gasteiger partial charge in [0.1, 0.15) is 5.01 Å². The van der Waals surface area contributed by atoms with Gasteiger partial charge in [0.25, 0.3) is 0 Å². The lowest BCUT2D eigenvalue weighted by molar-refractivity contribution is -0.115. The van der Waals surface area contributed by atoms with Crippen molar-refractivity contribution in [2.24, 2.45) is 0 Å². The first-order valence-corrected chi connectivity index (χ1v) is 11.5. The summed E-state index contributed by atoms with van der Waals surface area (Å²) in [4.78, 5) is 21.3. The van der Waals surface area contributed by atoms with Gasteiger partial charge in [-0.2, -0.15) is 0 Å².